The molecule has 0 aliphatic heterocycles. The molecule has 2 N–H and O–H groups in total. The largest absolute Gasteiger partial charge is 0.478 e. The van der Waals surface area contributed by atoms with Crippen LogP contribution >= 0.6 is 0 Å². The number of carboxylic acid groups (broad SMARTS) is 1. The lowest BCUT2D eigenvalue weighted by Gasteiger charge is -2.17. The van der Waals surface area contributed by atoms with Crippen molar-refractivity contribution < 1.29 is 24.5 Å². The molecule has 0 saturated carbocycles. The maximum atomic E-state index is 11.7. The molecule has 1 rings (SSSR count). The Labute approximate surface area is 105 Å². The van der Waals surface area contributed by atoms with E-state index < -0.39 is 17.9 Å². The second kappa shape index (κ2) is 6.76. The summed E-state index contributed by atoms with van der Waals surface area (Å²) in [7, 11) is 0. The summed E-state index contributed by atoms with van der Waals surface area (Å²) in [5.41, 5.74) is 0.742. The summed E-state index contributed by atoms with van der Waals surface area (Å²) in [5, 5.41) is 17.5. The summed E-state index contributed by atoms with van der Waals surface area (Å²) in [6, 6.07) is 0. The van der Waals surface area contributed by atoms with Crippen LogP contribution in [0, 0.1) is 5.92 Å². The highest BCUT2D eigenvalue weighted by atomic mass is 16.5. The van der Waals surface area contributed by atoms with E-state index in [-0.39, 0.29) is 18.8 Å². The van der Waals surface area contributed by atoms with Gasteiger partial charge in [0.25, 0.3) is 0 Å². The number of hydrogen-bond acceptors (Lipinski definition) is 4. The third-order valence-electron chi connectivity index (χ3n) is 2.53. The molecule has 1 unspecified atom stereocenters. The van der Waals surface area contributed by atoms with E-state index in [2.05, 4.69) is 0 Å². The highest BCUT2D eigenvalue weighted by Gasteiger charge is 2.24. The van der Waals surface area contributed by atoms with Gasteiger partial charge < -0.3 is 14.9 Å². The molecule has 0 spiro atoms. The second-order valence-electron chi connectivity index (χ2n) is 3.77. The zero-order chi connectivity index (χ0) is 13.5. The first-order chi connectivity index (χ1) is 8.60. The predicted molar refractivity (Wildman–Crippen MR) is 64.8 cm³/mol. The zero-order valence-electron chi connectivity index (χ0n) is 10.1. The van der Waals surface area contributed by atoms with Gasteiger partial charge in [-0.15, -0.1) is 0 Å². The Bertz CT molecular complexity index is 417. The maximum absolute atomic E-state index is 11.7. The Kier molecular flexibility index (Phi) is 5.32. The molecule has 5 nitrogen and oxygen atoms in total. The number of rotatable bonds is 5. The molecule has 5 heteroatoms. The highest BCUT2D eigenvalue weighted by molar-refractivity contribution is 5.92. The Morgan fingerprint density at radius 2 is 2.22 bits per heavy atom. The molecule has 0 radical (unpaired) electrons. The predicted octanol–water partition coefficient (Wildman–Crippen LogP) is 1.06. The summed E-state index contributed by atoms with van der Waals surface area (Å²) in [6.45, 7) is 1.86. The van der Waals surface area contributed by atoms with Crippen LogP contribution in [0.1, 0.15) is 13.3 Å². The van der Waals surface area contributed by atoms with Crippen LogP contribution in [0.2, 0.25) is 0 Å². The van der Waals surface area contributed by atoms with Gasteiger partial charge in [0.15, 0.2) is 0 Å². The molecule has 0 aromatic carbocycles. The Morgan fingerprint density at radius 3 is 2.78 bits per heavy atom. The van der Waals surface area contributed by atoms with Crippen LogP contribution in [0.4, 0.5) is 0 Å². The first kappa shape index (κ1) is 14.2. The lowest BCUT2D eigenvalue weighted by atomic mass is 9.91. The van der Waals surface area contributed by atoms with Crippen LogP contribution in [0.3, 0.4) is 0 Å². The smallest absolute Gasteiger partial charge is 0.335 e. The summed E-state index contributed by atoms with van der Waals surface area (Å²) in [5.74, 6) is -2.04. The number of hydrogen-bond donors (Lipinski definition) is 2. The lowest BCUT2D eigenvalue weighted by Crippen LogP contribution is -2.21. The fraction of sp³-hybridized carbons (Fsp3) is 0.385. The normalized spacial score (nSPS) is 20.7. The van der Waals surface area contributed by atoms with Gasteiger partial charge in [-0.3, -0.25) is 4.79 Å². The van der Waals surface area contributed by atoms with Crippen LogP contribution in [0.5, 0.6) is 0 Å². The van der Waals surface area contributed by atoms with E-state index in [9.17, 15) is 9.59 Å². The van der Waals surface area contributed by atoms with Crippen molar-refractivity contribution in [3.05, 3.63) is 35.5 Å². The number of allylic oxidation sites excluding steroid dienone is 2. The fourth-order valence-corrected chi connectivity index (χ4v) is 1.57. The number of carbonyl (C=O) groups is 2. The summed E-state index contributed by atoms with van der Waals surface area (Å²) < 4.78 is 4.98. The van der Waals surface area contributed by atoms with Gasteiger partial charge in [0.2, 0.25) is 0 Å². The maximum Gasteiger partial charge on any atom is 0.335 e. The van der Waals surface area contributed by atoms with Crippen LogP contribution < -0.4 is 0 Å². The molecule has 98 valence electrons. The quantitative estimate of drug-likeness (QED) is 0.564. The highest BCUT2D eigenvalue weighted by Crippen LogP contribution is 2.23. The van der Waals surface area contributed by atoms with Gasteiger partial charge in [-0.1, -0.05) is 18.2 Å². The second-order valence-corrected chi connectivity index (χ2v) is 3.77. The van der Waals surface area contributed by atoms with Crippen molar-refractivity contribution in [3.63, 3.8) is 0 Å². The number of carbonyl (C=O) groups excluding carboxylic acids is 1. The third-order valence-corrected chi connectivity index (χ3v) is 2.53. The fourth-order valence-electron chi connectivity index (χ4n) is 1.57. The van der Waals surface area contributed by atoms with E-state index in [1.54, 1.807) is 13.0 Å². The van der Waals surface area contributed by atoms with Gasteiger partial charge in [-0.05, 0) is 18.6 Å². The van der Waals surface area contributed by atoms with E-state index in [4.69, 9.17) is 14.9 Å². The monoisotopic (exact) mass is 252 g/mol. The molecule has 1 aliphatic rings. The van der Waals surface area contributed by atoms with Gasteiger partial charge in [0, 0.05) is 13.0 Å². The van der Waals surface area contributed by atoms with E-state index in [0.717, 1.165) is 0 Å². The van der Waals surface area contributed by atoms with Crippen LogP contribution in [-0.2, 0) is 14.3 Å². The summed E-state index contributed by atoms with van der Waals surface area (Å²) in [4.78, 5) is 22.6. The molecule has 1 atom stereocenters. The van der Waals surface area contributed by atoms with Crippen molar-refractivity contribution in [1.82, 2.24) is 0 Å². The van der Waals surface area contributed by atoms with Crippen molar-refractivity contribution in [2.75, 3.05) is 13.2 Å². The van der Waals surface area contributed by atoms with Gasteiger partial charge in [-0.25, -0.2) is 4.79 Å². The Balaban J connectivity index is 2.72. The van der Waals surface area contributed by atoms with Crippen LogP contribution in [0.15, 0.2) is 35.5 Å². The van der Waals surface area contributed by atoms with E-state index in [0.29, 0.717) is 12.0 Å². The molecule has 18 heavy (non-hydrogen) atoms. The van der Waals surface area contributed by atoms with E-state index >= 15 is 0 Å². The number of aliphatic carboxylic acids is 1. The van der Waals surface area contributed by atoms with Crippen molar-refractivity contribution in [2.24, 2.45) is 5.92 Å². The lowest BCUT2D eigenvalue weighted by molar-refractivity contribution is -0.146. The molecular formula is C13H16O5. The van der Waals surface area contributed by atoms with Crippen molar-refractivity contribution in [1.29, 1.82) is 0 Å². The number of esters is 1. The first-order valence-corrected chi connectivity index (χ1v) is 5.67. The third kappa shape index (κ3) is 3.56. The van der Waals surface area contributed by atoms with Crippen molar-refractivity contribution in [2.45, 2.75) is 13.3 Å². The minimum Gasteiger partial charge on any atom is -0.478 e. The van der Waals surface area contributed by atoms with Crippen LogP contribution in [-0.4, -0.2) is 35.4 Å². The SMILES string of the molecule is CC=C1C=C(C(=O)O)C=CC1C(=O)OCCCO. The molecule has 1 aliphatic carbocycles. The number of aliphatic hydroxyl groups is 1. The molecule has 0 amide bonds. The minimum atomic E-state index is -1.03. The number of ether oxygens (including phenoxy) is 1. The van der Waals surface area contributed by atoms with Crippen molar-refractivity contribution in [3.8, 4) is 0 Å². The molecule has 0 heterocycles. The number of carboxylic acids is 1. The standard InChI is InChI=1S/C13H16O5/c1-2-9-8-10(12(15)16)4-5-11(9)13(17)18-7-3-6-14/h2,4-5,8,11,14H,3,6-7H2,1H3,(H,15,16). The zero-order valence-corrected chi connectivity index (χ0v) is 10.1. The molecule has 0 aromatic heterocycles. The molecular weight excluding hydrogens is 236 g/mol. The summed E-state index contributed by atoms with van der Waals surface area (Å²) >= 11 is 0. The average molecular weight is 252 g/mol. The molecule has 0 fully saturated rings. The molecule has 0 bridgehead atoms. The first-order valence-electron chi connectivity index (χ1n) is 5.67. The van der Waals surface area contributed by atoms with Crippen LogP contribution in [0.25, 0.3) is 0 Å². The molecule has 0 aromatic rings. The molecule has 0 saturated heterocycles. The number of aliphatic hydroxyl groups excluding tert-OH is 1. The van der Waals surface area contributed by atoms with Gasteiger partial charge in [0.1, 0.15) is 0 Å². The average Bonchev–Trinajstić information content (AvgIpc) is 2.38. The van der Waals surface area contributed by atoms with Gasteiger partial charge >= 0.3 is 11.9 Å². The van der Waals surface area contributed by atoms with Gasteiger partial charge in [-0.2, -0.15) is 0 Å². The van der Waals surface area contributed by atoms with Crippen molar-refractivity contribution >= 4 is 11.9 Å². The Hall–Kier alpha value is -1.88. The topological polar surface area (TPSA) is 83.8 Å². The Morgan fingerprint density at radius 1 is 1.50 bits per heavy atom. The van der Waals surface area contributed by atoms with E-state index in [1.807, 2.05) is 0 Å². The van der Waals surface area contributed by atoms with E-state index in [1.165, 1.54) is 18.2 Å². The summed E-state index contributed by atoms with van der Waals surface area (Å²) in [6.07, 6.45) is 6.45. The minimum absolute atomic E-state index is 0.0344. The van der Waals surface area contributed by atoms with Gasteiger partial charge in [0.05, 0.1) is 18.1 Å².